The average molecular weight is 452 g/mol. The summed E-state index contributed by atoms with van der Waals surface area (Å²) >= 11 is 3.55. The minimum absolute atomic E-state index is 0.0867. The Hall–Kier alpha value is -1.11. The standard InChI is InChI=1S/C22H34BrN3O2/c1-15(2)21(26-12-16(3)28-17(4)13-26)22(27)24-11-18-8-9-25(14-18)20-7-5-6-19(23)10-20/h5-7,10,15-18,21H,8-9,11-14H2,1-4H3,(H,24,27). The van der Waals surface area contributed by atoms with Gasteiger partial charge in [-0.2, -0.15) is 0 Å². The molecule has 2 fully saturated rings. The van der Waals surface area contributed by atoms with Crippen LogP contribution in [0.4, 0.5) is 5.69 Å². The van der Waals surface area contributed by atoms with Gasteiger partial charge in [-0.1, -0.05) is 35.8 Å². The van der Waals surface area contributed by atoms with Crippen molar-refractivity contribution in [3.63, 3.8) is 0 Å². The van der Waals surface area contributed by atoms with E-state index in [1.165, 1.54) is 5.69 Å². The van der Waals surface area contributed by atoms with Crippen molar-refractivity contribution in [3.8, 4) is 0 Å². The van der Waals surface area contributed by atoms with Gasteiger partial charge in [0.1, 0.15) is 0 Å². The number of morpholine rings is 1. The number of halogens is 1. The van der Waals surface area contributed by atoms with Crippen LogP contribution in [0.2, 0.25) is 0 Å². The summed E-state index contributed by atoms with van der Waals surface area (Å²) in [4.78, 5) is 17.8. The zero-order chi connectivity index (χ0) is 20.3. The van der Waals surface area contributed by atoms with Gasteiger partial charge in [0.25, 0.3) is 0 Å². The van der Waals surface area contributed by atoms with Gasteiger partial charge in [0.15, 0.2) is 0 Å². The monoisotopic (exact) mass is 451 g/mol. The van der Waals surface area contributed by atoms with Crippen LogP contribution in [0.15, 0.2) is 28.7 Å². The average Bonchev–Trinajstić information content (AvgIpc) is 3.08. The normalized spacial score (nSPS) is 27.2. The maximum atomic E-state index is 13.0. The number of ether oxygens (including phenoxy) is 1. The second kappa shape index (κ2) is 9.59. The molecule has 1 aromatic rings. The summed E-state index contributed by atoms with van der Waals surface area (Å²) in [5.41, 5.74) is 1.25. The number of benzene rings is 1. The largest absolute Gasteiger partial charge is 0.373 e. The van der Waals surface area contributed by atoms with E-state index in [-0.39, 0.29) is 30.1 Å². The van der Waals surface area contributed by atoms with E-state index in [0.29, 0.717) is 5.92 Å². The first-order valence-corrected chi connectivity index (χ1v) is 11.3. The van der Waals surface area contributed by atoms with E-state index in [1.54, 1.807) is 0 Å². The first-order valence-electron chi connectivity index (χ1n) is 10.5. The van der Waals surface area contributed by atoms with E-state index in [4.69, 9.17) is 4.74 Å². The van der Waals surface area contributed by atoms with Crippen molar-refractivity contribution < 1.29 is 9.53 Å². The summed E-state index contributed by atoms with van der Waals surface area (Å²) < 4.78 is 6.95. The smallest absolute Gasteiger partial charge is 0.237 e. The van der Waals surface area contributed by atoms with Crippen molar-refractivity contribution in [2.45, 2.75) is 52.4 Å². The number of carbonyl (C=O) groups is 1. The van der Waals surface area contributed by atoms with Gasteiger partial charge >= 0.3 is 0 Å². The molecule has 4 unspecified atom stereocenters. The van der Waals surface area contributed by atoms with Crippen LogP contribution in [-0.2, 0) is 9.53 Å². The van der Waals surface area contributed by atoms with E-state index in [0.717, 1.165) is 43.6 Å². The molecule has 3 rings (SSSR count). The number of hydrogen-bond acceptors (Lipinski definition) is 4. The van der Waals surface area contributed by atoms with Crippen molar-refractivity contribution in [2.75, 3.05) is 37.6 Å². The van der Waals surface area contributed by atoms with Crippen LogP contribution in [0.5, 0.6) is 0 Å². The van der Waals surface area contributed by atoms with Gasteiger partial charge in [-0.05, 0) is 50.3 Å². The van der Waals surface area contributed by atoms with E-state index < -0.39 is 0 Å². The molecule has 28 heavy (non-hydrogen) atoms. The van der Waals surface area contributed by atoms with Crippen molar-refractivity contribution in [2.24, 2.45) is 11.8 Å². The van der Waals surface area contributed by atoms with Gasteiger partial charge in [-0.15, -0.1) is 0 Å². The molecule has 0 saturated carbocycles. The molecule has 0 radical (unpaired) electrons. The fourth-order valence-electron chi connectivity index (χ4n) is 4.59. The van der Waals surface area contributed by atoms with Crippen molar-refractivity contribution in [3.05, 3.63) is 28.7 Å². The van der Waals surface area contributed by atoms with Crippen LogP contribution >= 0.6 is 15.9 Å². The summed E-state index contributed by atoms with van der Waals surface area (Å²) in [6.07, 6.45) is 1.46. The molecule has 0 aromatic heterocycles. The molecule has 6 heteroatoms. The topological polar surface area (TPSA) is 44.8 Å². The van der Waals surface area contributed by atoms with Crippen molar-refractivity contribution in [1.29, 1.82) is 0 Å². The Labute approximate surface area is 177 Å². The van der Waals surface area contributed by atoms with Gasteiger partial charge < -0.3 is 15.0 Å². The summed E-state index contributed by atoms with van der Waals surface area (Å²) in [6, 6.07) is 8.36. The molecule has 4 atom stereocenters. The highest BCUT2D eigenvalue weighted by Gasteiger charge is 2.34. The van der Waals surface area contributed by atoms with Crippen molar-refractivity contribution >= 4 is 27.5 Å². The highest BCUT2D eigenvalue weighted by molar-refractivity contribution is 9.10. The minimum Gasteiger partial charge on any atom is -0.373 e. The third-order valence-electron chi connectivity index (χ3n) is 5.77. The Balaban J connectivity index is 1.53. The van der Waals surface area contributed by atoms with Crippen LogP contribution in [-0.4, -0.2) is 61.8 Å². The van der Waals surface area contributed by atoms with Gasteiger partial charge in [0, 0.05) is 42.9 Å². The quantitative estimate of drug-likeness (QED) is 0.718. The predicted octanol–water partition coefficient (Wildman–Crippen LogP) is 3.53. The second-order valence-electron chi connectivity index (χ2n) is 8.73. The number of rotatable bonds is 6. The molecule has 2 heterocycles. The summed E-state index contributed by atoms with van der Waals surface area (Å²) in [6.45, 7) is 12.9. The fraction of sp³-hybridized carbons (Fsp3) is 0.682. The number of anilines is 1. The maximum absolute atomic E-state index is 13.0. The number of hydrogen-bond donors (Lipinski definition) is 1. The van der Waals surface area contributed by atoms with E-state index in [9.17, 15) is 4.79 Å². The molecular formula is C22H34BrN3O2. The first kappa shape index (κ1) is 21.6. The third-order valence-corrected chi connectivity index (χ3v) is 6.26. The lowest BCUT2D eigenvalue weighted by atomic mass is 9.99. The Morgan fingerprint density at radius 3 is 2.61 bits per heavy atom. The van der Waals surface area contributed by atoms with Gasteiger partial charge in [-0.25, -0.2) is 0 Å². The molecule has 156 valence electrons. The second-order valence-corrected chi connectivity index (χ2v) is 9.64. The van der Waals surface area contributed by atoms with Crippen molar-refractivity contribution in [1.82, 2.24) is 10.2 Å². The molecule has 2 aliphatic rings. The molecule has 5 nitrogen and oxygen atoms in total. The van der Waals surface area contributed by atoms with E-state index in [1.807, 2.05) is 0 Å². The van der Waals surface area contributed by atoms with Gasteiger partial charge in [0.2, 0.25) is 5.91 Å². The number of amides is 1. The number of carbonyl (C=O) groups excluding carboxylic acids is 1. The highest BCUT2D eigenvalue weighted by Crippen LogP contribution is 2.26. The lowest BCUT2D eigenvalue weighted by Crippen LogP contribution is -2.57. The van der Waals surface area contributed by atoms with Crippen LogP contribution in [0, 0.1) is 11.8 Å². The molecule has 1 N–H and O–H groups in total. The number of nitrogens with one attached hydrogen (secondary N) is 1. The third kappa shape index (κ3) is 5.49. The Bertz CT molecular complexity index is 659. The SMILES string of the molecule is CC1CN(C(C(=O)NCC2CCN(c3cccc(Br)c3)C2)C(C)C)CC(C)O1. The van der Waals surface area contributed by atoms with Crippen LogP contribution in [0.25, 0.3) is 0 Å². The fourth-order valence-corrected chi connectivity index (χ4v) is 4.98. The zero-order valence-electron chi connectivity index (χ0n) is 17.5. The number of nitrogens with zero attached hydrogens (tertiary/aromatic N) is 2. The Morgan fingerprint density at radius 1 is 1.25 bits per heavy atom. The first-order chi connectivity index (χ1) is 13.3. The van der Waals surface area contributed by atoms with Gasteiger partial charge in [-0.3, -0.25) is 9.69 Å². The Morgan fingerprint density at radius 2 is 1.96 bits per heavy atom. The molecule has 2 aliphatic heterocycles. The van der Waals surface area contributed by atoms with Crippen LogP contribution < -0.4 is 10.2 Å². The molecule has 0 spiro atoms. The minimum atomic E-state index is -0.0867. The van der Waals surface area contributed by atoms with E-state index in [2.05, 4.69) is 83.0 Å². The van der Waals surface area contributed by atoms with Gasteiger partial charge in [0.05, 0.1) is 18.2 Å². The summed E-state index contributed by atoms with van der Waals surface area (Å²) in [7, 11) is 0. The van der Waals surface area contributed by atoms with Crippen LogP contribution in [0.3, 0.4) is 0 Å². The molecule has 0 aliphatic carbocycles. The maximum Gasteiger partial charge on any atom is 0.237 e. The lowest BCUT2D eigenvalue weighted by molar-refractivity contribution is -0.135. The molecule has 0 bridgehead atoms. The Kier molecular flexibility index (Phi) is 7.40. The van der Waals surface area contributed by atoms with Crippen LogP contribution in [0.1, 0.15) is 34.1 Å². The molecule has 1 aromatic carbocycles. The lowest BCUT2D eigenvalue weighted by Gasteiger charge is -2.41. The summed E-state index contributed by atoms with van der Waals surface area (Å²) in [5.74, 6) is 0.940. The molecule has 1 amide bonds. The molecule has 2 saturated heterocycles. The molecular weight excluding hydrogens is 418 g/mol. The zero-order valence-corrected chi connectivity index (χ0v) is 19.1. The highest BCUT2D eigenvalue weighted by atomic mass is 79.9. The van der Waals surface area contributed by atoms with E-state index >= 15 is 0 Å². The summed E-state index contributed by atoms with van der Waals surface area (Å²) in [5, 5.41) is 3.26. The predicted molar refractivity (Wildman–Crippen MR) is 118 cm³/mol.